The molecule has 1 fully saturated rings. The van der Waals surface area contributed by atoms with Crippen LogP contribution in [0.2, 0.25) is 0 Å². The van der Waals surface area contributed by atoms with Gasteiger partial charge in [0.1, 0.15) is 0 Å². The number of benzene rings is 2. The topological polar surface area (TPSA) is 93.6 Å². The zero-order chi connectivity index (χ0) is 22.7. The number of carbonyl (C=O) groups excluding carboxylic acids is 2. The molecule has 0 radical (unpaired) electrons. The third kappa shape index (κ3) is 4.56. The first-order valence-corrected chi connectivity index (χ1v) is 12.0. The molecule has 2 aromatic carbocycles. The molecule has 7 nitrogen and oxygen atoms in total. The van der Waals surface area contributed by atoms with E-state index >= 15 is 0 Å². The van der Waals surface area contributed by atoms with Gasteiger partial charge in [0.05, 0.1) is 16.0 Å². The second-order valence-corrected chi connectivity index (χ2v) is 9.75. The van der Waals surface area contributed by atoms with E-state index in [4.69, 9.17) is 4.74 Å². The lowest BCUT2D eigenvalue weighted by Gasteiger charge is -2.25. The van der Waals surface area contributed by atoms with Crippen LogP contribution < -0.4 is 0 Å². The Hall–Kier alpha value is -3.10. The van der Waals surface area contributed by atoms with Gasteiger partial charge in [0.15, 0.2) is 12.4 Å². The molecule has 0 aliphatic carbocycles. The molecule has 166 valence electrons. The Morgan fingerprint density at radius 1 is 1.00 bits per heavy atom. The van der Waals surface area contributed by atoms with E-state index in [1.165, 1.54) is 28.6 Å². The molecule has 0 bridgehead atoms. The van der Waals surface area contributed by atoms with Crippen LogP contribution >= 0.6 is 0 Å². The number of rotatable bonds is 6. The van der Waals surface area contributed by atoms with Crippen LogP contribution in [0.25, 0.3) is 10.9 Å². The van der Waals surface area contributed by atoms with E-state index in [0.717, 1.165) is 19.3 Å². The van der Waals surface area contributed by atoms with Gasteiger partial charge < -0.3 is 4.74 Å². The first kappa shape index (κ1) is 22.1. The van der Waals surface area contributed by atoms with Crippen molar-refractivity contribution < 1.29 is 22.7 Å². The monoisotopic (exact) mass is 452 g/mol. The van der Waals surface area contributed by atoms with Gasteiger partial charge in [0, 0.05) is 29.7 Å². The number of hydrogen-bond donors (Lipinski definition) is 0. The fourth-order valence-corrected chi connectivity index (χ4v) is 5.35. The van der Waals surface area contributed by atoms with Crippen LogP contribution in [-0.4, -0.2) is 49.2 Å². The summed E-state index contributed by atoms with van der Waals surface area (Å²) in [5.74, 6) is -1.01. The van der Waals surface area contributed by atoms with Gasteiger partial charge in [-0.05, 0) is 56.2 Å². The number of fused-ring (bicyclic) bond motifs is 1. The highest BCUT2D eigenvalue weighted by atomic mass is 32.2. The number of pyridine rings is 1. The Morgan fingerprint density at radius 2 is 1.69 bits per heavy atom. The van der Waals surface area contributed by atoms with Gasteiger partial charge in [-0.3, -0.25) is 9.78 Å². The third-order valence-corrected chi connectivity index (χ3v) is 7.44. The Bertz CT molecular complexity index is 1260. The molecular formula is C24H24N2O5S. The van der Waals surface area contributed by atoms with Crippen molar-refractivity contribution >= 4 is 32.7 Å². The Kier molecular flexibility index (Phi) is 6.34. The molecule has 3 aromatic rings. The molecule has 32 heavy (non-hydrogen) atoms. The molecule has 2 heterocycles. The maximum absolute atomic E-state index is 12.7. The second-order valence-electron chi connectivity index (χ2n) is 7.82. The number of aryl methyl sites for hydroxylation is 1. The quantitative estimate of drug-likeness (QED) is 0.418. The van der Waals surface area contributed by atoms with Gasteiger partial charge in [-0.25, -0.2) is 13.2 Å². The normalized spacial score (nSPS) is 14.9. The molecule has 0 saturated carbocycles. The summed E-state index contributed by atoms with van der Waals surface area (Å²) in [7, 11) is -3.56. The van der Waals surface area contributed by atoms with Crippen LogP contribution in [0.3, 0.4) is 0 Å². The van der Waals surface area contributed by atoms with Crippen molar-refractivity contribution in [3.05, 3.63) is 71.4 Å². The van der Waals surface area contributed by atoms with Crippen molar-refractivity contribution in [1.82, 2.24) is 9.29 Å². The molecule has 0 spiro atoms. The van der Waals surface area contributed by atoms with Crippen LogP contribution in [-0.2, 0) is 14.8 Å². The average molecular weight is 453 g/mol. The third-order valence-electron chi connectivity index (χ3n) is 5.53. The molecule has 1 saturated heterocycles. The maximum Gasteiger partial charge on any atom is 0.339 e. The van der Waals surface area contributed by atoms with Crippen molar-refractivity contribution in [2.45, 2.75) is 31.1 Å². The Labute approximate surface area is 187 Å². The SMILES string of the molecule is Cc1cc(C(=O)OCC(=O)c2ccc(S(=O)(=O)N3CCCCC3)cc2)c2ccccc2n1. The van der Waals surface area contributed by atoms with Crippen LogP contribution in [0, 0.1) is 6.92 Å². The number of carbonyl (C=O) groups is 2. The smallest absolute Gasteiger partial charge is 0.339 e. The minimum atomic E-state index is -3.56. The van der Waals surface area contributed by atoms with Gasteiger partial charge >= 0.3 is 5.97 Å². The summed E-state index contributed by atoms with van der Waals surface area (Å²) in [6, 6.07) is 14.6. The standard InChI is InChI=1S/C24H24N2O5S/c1-17-15-21(20-7-3-4-8-22(20)25-17)24(28)31-16-23(27)18-9-11-19(12-10-18)32(29,30)26-13-5-2-6-14-26/h3-4,7-12,15H,2,5-6,13-14,16H2,1H3. The van der Waals surface area contributed by atoms with Crippen molar-refractivity contribution in [3.8, 4) is 0 Å². The zero-order valence-electron chi connectivity index (χ0n) is 17.8. The predicted molar refractivity (Wildman–Crippen MR) is 120 cm³/mol. The largest absolute Gasteiger partial charge is 0.454 e. The summed E-state index contributed by atoms with van der Waals surface area (Å²) in [5, 5.41) is 0.655. The number of hydrogen-bond acceptors (Lipinski definition) is 6. The minimum absolute atomic E-state index is 0.159. The molecule has 0 unspecified atom stereocenters. The molecule has 0 amide bonds. The van der Waals surface area contributed by atoms with Gasteiger partial charge in [-0.15, -0.1) is 0 Å². The number of Topliss-reactive ketones (excluding diaryl/α,β-unsaturated/α-hetero) is 1. The van der Waals surface area contributed by atoms with Crippen molar-refractivity contribution in [2.75, 3.05) is 19.7 Å². The summed E-state index contributed by atoms with van der Waals surface area (Å²) in [5.41, 5.74) is 1.98. The molecule has 0 N–H and O–H groups in total. The summed E-state index contributed by atoms with van der Waals surface area (Å²) in [6.07, 6.45) is 2.74. The van der Waals surface area contributed by atoms with Crippen molar-refractivity contribution in [2.24, 2.45) is 0 Å². The summed E-state index contributed by atoms with van der Waals surface area (Å²) >= 11 is 0. The van der Waals surface area contributed by atoms with Crippen molar-refractivity contribution in [1.29, 1.82) is 0 Å². The first-order chi connectivity index (χ1) is 15.4. The van der Waals surface area contributed by atoms with E-state index < -0.39 is 28.4 Å². The number of esters is 1. The van der Waals surface area contributed by atoms with Crippen LogP contribution in [0.1, 0.15) is 45.7 Å². The van der Waals surface area contributed by atoms with Gasteiger partial charge in [0.2, 0.25) is 10.0 Å². The van der Waals surface area contributed by atoms with Crippen LogP contribution in [0.4, 0.5) is 0 Å². The average Bonchev–Trinajstić information content (AvgIpc) is 2.82. The van der Waals surface area contributed by atoms with Crippen LogP contribution in [0.15, 0.2) is 59.5 Å². The number of para-hydroxylation sites is 1. The van der Waals surface area contributed by atoms with E-state index in [0.29, 0.717) is 35.2 Å². The molecular weight excluding hydrogens is 428 g/mol. The maximum atomic E-state index is 12.7. The highest BCUT2D eigenvalue weighted by Gasteiger charge is 2.26. The molecule has 8 heteroatoms. The number of nitrogens with zero attached hydrogens (tertiary/aromatic N) is 2. The zero-order valence-corrected chi connectivity index (χ0v) is 18.6. The number of ketones is 1. The molecule has 1 aromatic heterocycles. The van der Waals surface area contributed by atoms with Crippen LogP contribution in [0.5, 0.6) is 0 Å². The van der Waals surface area contributed by atoms with Gasteiger partial charge in [0.25, 0.3) is 0 Å². The molecule has 1 aliphatic rings. The van der Waals surface area contributed by atoms with Crippen molar-refractivity contribution in [3.63, 3.8) is 0 Å². The van der Waals surface area contributed by atoms with Gasteiger partial charge in [-0.2, -0.15) is 4.31 Å². The lowest BCUT2D eigenvalue weighted by molar-refractivity contribution is 0.0476. The highest BCUT2D eigenvalue weighted by molar-refractivity contribution is 7.89. The Morgan fingerprint density at radius 3 is 2.41 bits per heavy atom. The number of sulfonamides is 1. The molecule has 0 atom stereocenters. The molecule has 4 rings (SSSR count). The lowest BCUT2D eigenvalue weighted by Crippen LogP contribution is -2.35. The van der Waals surface area contributed by atoms with E-state index in [1.54, 1.807) is 25.1 Å². The van der Waals surface area contributed by atoms with E-state index in [1.807, 2.05) is 12.1 Å². The number of piperidine rings is 1. The minimum Gasteiger partial charge on any atom is -0.454 e. The summed E-state index contributed by atoms with van der Waals surface area (Å²) < 4.78 is 32.2. The summed E-state index contributed by atoms with van der Waals surface area (Å²) in [6.45, 7) is 2.38. The summed E-state index contributed by atoms with van der Waals surface area (Å²) in [4.78, 5) is 29.7. The van der Waals surface area contributed by atoms with Gasteiger partial charge in [-0.1, -0.05) is 24.6 Å². The highest BCUT2D eigenvalue weighted by Crippen LogP contribution is 2.22. The number of aromatic nitrogens is 1. The fourth-order valence-electron chi connectivity index (χ4n) is 3.84. The molecule has 1 aliphatic heterocycles. The Balaban J connectivity index is 1.44. The number of ether oxygens (including phenoxy) is 1. The lowest BCUT2D eigenvalue weighted by atomic mass is 10.1. The van der Waals surface area contributed by atoms with E-state index in [2.05, 4.69) is 4.98 Å². The van der Waals surface area contributed by atoms with E-state index in [-0.39, 0.29) is 10.5 Å². The first-order valence-electron chi connectivity index (χ1n) is 10.5. The predicted octanol–water partition coefficient (Wildman–Crippen LogP) is 3.76. The fraction of sp³-hybridized carbons (Fsp3) is 0.292. The second kappa shape index (κ2) is 9.18. The van der Waals surface area contributed by atoms with E-state index in [9.17, 15) is 18.0 Å².